The molecule has 0 atom stereocenters. The second-order valence-electron chi connectivity index (χ2n) is 5.83. The highest BCUT2D eigenvalue weighted by molar-refractivity contribution is 5.82. The molecule has 4 rings (SSSR count). The van der Waals surface area contributed by atoms with Gasteiger partial charge in [-0.25, -0.2) is 9.37 Å². The van der Waals surface area contributed by atoms with Gasteiger partial charge in [-0.2, -0.15) is 0 Å². The van der Waals surface area contributed by atoms with Gasteiger partial charge in [-0.15, -0.1) is 0 Å². The molecule has 0 radical (unpaired) electrons. The largest absolute Gasteiger partial charge is 0.337 e. The molecule has 0 aliphatic rings. The minimum atomic E-state index is -0.443. The van der Waals surface area contributed by atoms with Crippen molar-refractivity contribution in [3.63, 3.8) is 0 Å². The van der Waals surface area contributed by atoms with Gasteiger partial charge in [0, 0.05) is 29.6 Å². The Kier molecular flexibility index (Phi) is 4.18. The smallest absolute Gasteiger partial charge is 0.280 e. The minimum Gasteiger partial charge on any atom is -0.337 e. The van der Waals surface area contributed by atoms with Gasteiger partial charge in [0.1, 0.15) is 11.6 Å². The number of para-hydroxylation sites is 1. The Morgan fingerprint density at radius 3 is 2.33 bits per heavy atom. The van der Waals surface area contributed by atoms with E-state index in [0.29, 0.717) is 28.3 Å². The number of aromatic nitrogens is 3. The lowest BCUT2D eigenvalue weighted by Crippen LogP contribution is -1.92. The monoisotopic (exact) mass is 360 g/mol. The molecule has 0 unspecified atom stereocenters. The van der Waals surface area contributed by atoms with Gasteiger partial charge in [0.05, 0.1) is 21.9 Å². The maximum Gasteiger partial charge on any atom is 0.280 e. The lowest BCUT2D eigenvalue weighted by Gasteiger charge is -2.02. The highest BCUT2D eigenvalue weighted by atomic mass is 19.1. The van der Waals surface area contributed by atoms with Gasteiger partial charge in [0.2, 0.25) is 0 Å². The van der Waals surface area contributed by atoms with Gasteiger partial charge in [-0.3, -0.25) is 15.1 Å². The van der Waals surface area contributed by atoms with Crippen LogP contribution in [0, 0.1) is 15.9 Å². The average molecular weight is 360 g/mol. The molecule has 0 saturated heterocycles. The van der Waals surface area contributed by atoms with Crippen molar-refractivity contribution in [2.45, 2.75) is 0 Å². The van der Waals surface area contributed by atoms with Crippen LogP contribution in [0.4, 0.5) is 10.1 Å². The predicted molar refractivity (Wildman–Crippen MR) is 99.3 cm³/mol. The number of aromatic amines is 1. The number of hydrogen-bond donors (Lipinski definition) is 1. The van der Waals surface area contributed by atoms with E-state index in [-0.39, 0.29) is 11.5 Å². The fraction of sp³-hybridized carbons (Fsp3) is 0. The SMILES string of the molecule is O=[N+]([O-])c1ccccc1-c1nc(-c2ccc(F)cc2)c(-c2ccncc2)[nH]1. The van der Waals surface area contributed by atoms with Crippen LogP contribution in [0.1, 0.15) is 0 Å². The summed E-state index contributed by atoms with van der Waals surface area (Å²) >= 11 is 0. The standard InChI is InChI=1S/C20H13FN4O2/c21-15-7-5-13(6-8-15)18-19(14-9-11-22-12-10-14)24-20(23-18)16-3-1-2-4-17(16)25(26)27/h1-12H,(H,23,24). The summed E-state index contributed by atoms with van der Waals surface area (Å²) in [6.45, 7) is 0. The van der Waals surface area contributed by atoms with E-state index in [0.717, 1.165) is 5.56 Å². The molecule has 2 heterocycles. The van der Waals surface area contributed by atoms with Crippen LogP contribution >= 0.6 is 0 Å². The molecule has 6 nitrogen and oxygen atoms in total. The van der Waals surface area contributed by atoms with Crippen molar-refractivity contribution in [3.05, 3.63) is 89.0 Å². The van der Waals surface area contributed by atoms with E-state index >= 15 is 0 Å². The molecule has 0 aliphatic carbocycles. The van der Waals surface area contributed by atoms with Gasteiger partial charge in [-0.1, -0.05) is 12.1 Å². The normalized spacial score (nSPS) is 10.7. The summed E-state index contributed by atoms with van der Waals surface area (Å²) in [7, 11) is 0. The summed E-state index contributed by atoms with van der Waals surface area (Å²) in [6, 6.07) is 16.0. The molecule has 1 N–H and O–H groups in total. The number of hydrogen-bond acceptors (Lipinski definition) is 4. The summed E-state index contributed by atoms with van der Waals surface area (Å²) in [4.78, 5) is 22.7. The van der Waals surface area contributed by atoms with Crippen molar-refractivity contribution in [1.82, 2.24) is 15.0 Å². The molecule has 0 amide bonds. The Morgan fingerprint density at radius 2 is 1.63 bits per heavy atom. The number of H-pyrrole nitrogens is 1. The minimum absolute atomic E-state index is 0.0433. The van der Waals surface area contributed by atoms with E-state index in [9.17, 15) is 14.5 Å². The third kappa shape index (κ3) is 3.18. The van der Waals surface area contributed by atoms with E-state index in [1.54, 1.807) is 42.7 Å². The topological polar surface area (TPSA) is 84.7 Å². The zero-order valence-corrected chi connectivity index (χ0v) is 14.0. The van der Waals surface area contributed by atoms with Crippen LogP contribution < -0.4 is 0 Å². The zero-order valence-electron chi connectivity index (χ0n) is 14.0. The molecule has 0 aliphatic heterocycles. The number of halogens is 1. The van der Waals surface area contributed by atoms with Crippen molar-refractivity contribution in [1.29, 1.82) is 0 Å². The van der Waals surface area contributed by atoms with Crippen LogP contribution in [0.2, 0.25) is 0 Å². The van der Waals surface area contributed by atoms with Gasteiger partial charge in [0.25, 0.3) is 5.69 Å². The third-order valence-corrected chi connectivity index (χ3v) is 4.15. The lowest BCUT2D eigenvalue weighted by molar-refractivity contribution is -0.384. The number of pyridine rings is 1. The summed E-state index contributed by atoms with van der Waals surface area (Å²) in [5.74, 6) is 0.0205. The molecule has 4 aromatic rings. The average Bonchev–Trinajstić information content (AvgIpc) is 3.14. The molecule has 27 heavy (non-hydrogen) atoms. The van der Waals surface area contributed by atoms with Crippen LogP contribution in [-0.4, -0.2) is 19.9 Å². The van der Waals surface area contributed by atoms with E-state index < -0.39 is 4.92 Å². The first-order valence-corrected chi connectivity index (χ1v) is 8.13. The molecule has 132 valence electrons. The van der Waals surface area contributed by atoms with Crippen LogP contribution in [-0.2, 0) is 0 Å². The molecule has 2 aromatic carbocycles. The number of benzene rings is 2. The highest BCUT2D eigenvalue weighted by Gasteiger charge is 2.21. The molecule has 2 aromatic heterocycles. The van der Waals surface area contributed by atoms with Gasteiger partial charge in [-0.05, 0) is 42.5 Å². The summed E-state index contributed by atoms with van der Waals surface area (Å²) in [5, 5.41) is 11.4. The van der Waals surface area contributed by atoms with Crippen LogP contribution in [0.15, 0.2) is 73.1 Å². The third-order valence-electron chi connectivity index (χ3n) is 4.15. The number of nitro benzene ring substituents is 1. The Balaban J connectivity index is 1.94. The molecule has 0 saturated carbocycles. The van der Waals surface area contributed by atoms with E-state index in [1.165, 1.54) is 18.2 Å². The highest BCUT2D eigenvalue weighted by Crippen LogP contribution is 2.35. The maximum atomic E-state index is 13.3. The fourth-order valence-corrected chi connectivity index (χ4v) is 2.88. The molecule has 7 heteroatoms. The van der Waals surface area contributed by atoms with E-state index in [4.69, 9.17) is 0 Å². The number of nitrogens with one attached hydrogen (secondary N) is 1. The summed E-state index contributed by atoms with van der Waals surface area (Å²) in [6.07, 6.45) is 3.30. The Morgan fingerprint density at radius 1 is 0.926 bits per heavy atom. The number of nitrogens with zero attached hydrogens (tertiary/aromatic N) is 3. The van der Waals surface area contributed by atoms with Gasteiger partial charge >= 0.3 is 0 Å². The molecular weight excluding hydrogens is 347 g/mol. The summed E-state index contributed by atoms with van der Waals surface area (Å²) < 4.78 is 13.3. The van der Waals surface area contributed by atoms with Crippen LogP contribution in [0.5, 0.6) is 0 Å². The quantitative estimate of drug-likeness (QED) is 0.416. The van der Waals surface area contributed by atoms with Gasteiger partial charge < -0.3 is 4.98 Å². The first-order chi connectivity index (χ1) is 13.1. The van der Waals surface area contributed by atoms with Crippen LogP contribution in [0.3, 0.4) is 0 Å². The molecule has 0 spiro atoms. The molecule has 0 fully saturated rings. The summed E-state index contributed by atoms with van der Waals surface area (Å²) in [5.41, 5.74) is 3.11. The van der Waals surface area contributed by atoms with Crippen molar-refractivity contribution >= 4 is 5.69 Å². The van der Waals surface area contributed by atoms with Crippen LogP contribution in [0.25, 0.3) is 33.9 Å². The second kappa shape index (κ2) is 6.80. The lowest BCUT2D eigenvalue weighted by atomic mass is 10.1. The van der Waals surface area contributed by atoms with Crippen molar-refractivity contribution < 1.29 is 9.31 Å². The molecule has 0 bridgehead atoms. The van der Waals surface area contributed by atoms with Crippen molar-refractivity contribution in [2.24, 2.45) is 0 Å². The molecular formula is C20H13FN4O2. The predicted octanol–water partition coefficient (Wildman–Crippen LogP) is 4.85. The second-order valence-corrected chi connectivity index (χ2v) is 5.83. The van der Waals surface area contributed by atoms with Crippen molar-refractivity contribution in [2.75, 3.05) is 0 Å². The zero-order chi connectivity index (χ0) is 18.8. The van der Waals surface area contributed by atoms with Gasteiger partial charge in [0.15, 0.2) is 0 Å². The maximum absolute atomic E-state index is 13.3. The Labute approximate surface area is 153 Å². The Hall–Kier alpha value is -3.87. The van der Waals surface area contributed by atoms with E-state index in [1.807, 2.05) is 12.1 Å². The number of rotatable bonds is 4. The number of nitro groups is 1. The van der Waals surface area contributed by atoms with E-state index in [2.05, 4.69) is 15.0 Å². The van der Waals surface area contributed by atoms with Crippen molar-refractivity contribution in [3.8, 4) is 33.9 Å². The first kappa shape index (κ1) is 16.6. The number of imidazole rings is 1. The fourth-order valence-electron chi connectivity index (χ4n) is 2.88. The Bertz CT molecular complexity index is 1110. The first-order valence-electron chi connectivity index (χ1n) is 8.13.